The average Bonchev–Trinajstić information content (AvgIpc) is 2.58. The van der Waals surface area contributed by atoms with E-state index in [2.05, 4.69) is 5.32 Å². The first-order valence-electron chi connectivity index (χ1n) is 7.58. The summed E-state index contributed by atoms with van der Waals surface area (Å²) in [6.45, 7) is 1.51. The summed E-state index contributed by atoms with van der Waals surface area (Å²) in [4.78, 5) is 24.7. The third kappa shape index (κ3) is 6.76. The van der Waals surface area contributed by atoms with Crippen molar-refractivity contribution in [2.75, 3.05) is 11.1 Å². The number of anilines is 1. The van der Waals surface area contributed by atoms with Crippen LogP contribution in [-0.2, 0) is 14.3 Å². The number of amides is 1. The highest BCUT2D eigenvalue weighted by Gasteiger charge is 2.17. The van der Waals surface area contributed by atoms with E-state index in [1.54, 1.807) is 36.4 Å². The van der Waals surface area contributed by atoms with Gasteiger partial charge in [0.1, 0.15) is 5.82 Å². The quantitative estimate of drug-likeness (QED) is 0.565. The number of hydrogen-bond acceptors (Lipinski definition) is 4. The van der Waals surface area contributed by atoms with Crippen LogP contribution in [-0.4, -0.2) is 23.7 Å². The summed E-state index contributed by atoms with van der Waals surface area (Å²) >= 11 is 7.19. The van der Waals surface area contributed by atoms with E-state index in [-0.39, 0.29) is 12.2 Å². The molecule has 0 aliphatic heterocycles. The highest BCUT2D eigenvalue weighted by molar-refractivity contribution is 7.99. The number of thioether (sulfide) groups is 1. The van der Waals surface area contributed by atoms with Gasteiger partial charge in [0.15, 0.2) is 6.10 Å². The first-order valence-corrected chi connectivity index (χ1v) is 8.94. The van der Waals surface area contributed by atoms with Crippen molar-refractivity contribution in [3.05, 3.63) is 59.4 Å². The number of halogens is 2. The summed E-state index contributed by atoms with van der Waals surface area (Å²) in [5.41, 5.74) is 0.573. The lowest BCUT2D eigenvalue weighted by molar-refractivity contribution is -0.152. The van der Waals surface area contributed by atoms with Crippen LogP contribution < -0.4 is 5.32 Å². The van der Waals surface area contributed by atoms with Gasteiger partial charge in [0.05, 0.1) is 6.42 Å². The maximum absolute atomic E-state index is 12.8. The lowest BCUT2D eigenvalue weighted by Crippen LogP contribution is -2.30. The SMILES string of the molecule is C[C@@H](OC(=O)CCSc1ccc(F)cc1)C(=O)Nc1ccc(Cl)cc1. The Kier molecular flexibility index (Phi) is 7.28. The molecule has 1 atom stereocenters. The summed E-state index contributed by atoms with van der Waals surface area (Å²) in [6.07, 6.45) is -0.750. The Morgan fingerprint density at radius 2 is 1.80 bits per heavy atom. The fraction of sp³-hybridized carbons (Fsp3) is 0.222. The molecule has 1 amide bonds. The number of benzene rings is 2. The van der Waals surface area contributed by atoms with E-state index in [0.717, 1.165) is 4.90 Å². The number of nitrogens with one attached hydrogen (secondary N) is 1. The standard InChI is InChI=1S/C18H17ClFNO3S/c1-12(18(23)21-15-6-2-13(19)3-7-15)24-17(22)10-11-25-16-8-4-14(20)5-9-16/h2-9,12H,10-11H2,1H3,(H,21,23)/t12-/m1/s1. The molecule has 1 N–H and O–H groups in total. The van der Waals surface area contributed by atoms with Crippen molar-refractivity contribution in [2.24, 2.45) is 0 Å². The minimum Gasteiger partial charge on any atom is -0.453 e. The topological polar surface area (TPSA) is 55.4 Å². The number of carbonyl (C=O) groups excluding carboxylic acids is 2. The molecule has 0 bridgehead atoms. The molecule has 0 saturated heterocycles. The molecule has 2 aromatic rings. The zero-order chi connectivity index (χ0) is 18.2. The summed E-state index contributed by atoms with van der Waals surface area (Å²) in [7, 11) is 0. The van der Waals surface area contributed by atoms with Gasteiger partial charge in [0, 0.05) is 21.4 Å². The molecule has 0 aliphatic rings. The number of rotatable bonds is 7. The van der Waals surface area contributed by atoms with Crippen molar-refractivity contribution in [2.45, 2.75) is 24.3 Å². The van der Waals surface area contributed by atoms with Crippen LogP contribution in [0.25, 0.3) is 0 Å². The van der Waals surface area contributed by atoms with Crippen LogP contribution in [0.4, 0.5) is 10.1 Å². The number of carbonyl (C=O) groups is 2. The van der Waals surface area contributed by atoms with Crippen LogP contribution in [0.3, 0.4) is 0 Å². The molecule has 132 valence electrons. The molecule has 0 radical (unpaired) electrons. The van der Waals surface area contributed by atoms with E-state index >= 15 is 0 Å². The van der Waals surface area contributed by atoms with E-state index in [1.165, 1.54) is 30.8 Å². The van der Waals surface area contributed by atoms with Gasteiger partial charge in [-0.15, -0.1) is 11.8 Å². The van der Waals surface area contributed by atoms with Crippen LogP contribution in [0.15, 0.2) is 53.4 Å². The van der Waals surface area contributed by atoms with Crippen LogP contribution in [0.5, 0.6) is 0 Å². The van der Waals surface area contributed by atoms with Crippen molar-refractivity contribution in [3.8, 4) is 0 Å². The summed E-state index contributed by atoms with van der Waals surface area (Å²) in [5, 5.41) is 3.21. The Labute approximate surface area is 154 Å². The maximum Gasteiger partial charge on any atom is 0.307 e. The summed E-state index contributed by atoms with van der Waals surface area (Å²) in [6, 6.07) is 12.7. The van der Waals surface area contributed by atoms with E-state index in [4.69, 9.17) is 16.3 Å². The predicted octanol–water partition coefficient (Wildman–Crippen LogP) is 4.53. The van der Waals surface area contributed by atoms with Gasteiger partial charge in [-0.25, -0.2) is 4.39 Å². The lowest BCUT2D eigenvalue weighted by Gasteiger charge is -2.13. The molecule has 0 unspecified atom stereocenters. The molecule has 0 aromatic heterocycles. The fourth-order valence-electron chi connectivity index (χ4n) is 1.87. The van der Waals surface area contributed by atoms with Gasteiger partial charge in [0.25, 0.3) is 5.91 Å². The third-order valence-corrected chi connectivity index (χ3v) is 4.44. The number of ether oxygens (including phenoxy) is 1. The molecular formula is C18H17ClFNO3S. The van der Waals surface area contributed by atoms with Crippen LogP contribution in [0, 0.1) is 5.82 Å². The zero-order valence-corrected chi connectivity index (χ0v) is 15.1. The highest BCUT2D eigenvalue weighted by atomic mass is 35.5. The molecule has 2 aromatic carbocycles. The maximum atomic E-state index is 12.8. The van der Waals surface area contributed by atoms with Gasteiger partial charge in [-0.2, -0.15) is 0 Å². The Morgan fingerprint density at radius 3 is 2.44 bits per heavy atom. The Hall–Kier alpha value is -2.05. The van der Waals surface area contributed by atoms with Gasteiger partial charge in [0.2, 0.25) is 0 Å². The molecule has 0 saturated carbocycles. The van der Waals surface area contributed by atoms with Gasteiger partial charge in [-0.05, 0) is 55.5 Å². The number of esters is 1. The minimum absolute atomic E-state index is 0.153. The third-order valence-electron chi connectivity index (χ3n) is 3.18. The second kappa shape index (κ2) is 9.44. The van der Waals surface area contributed by atoms with Gasteiger partial charge in [-0.1, -0.05) is 11.6 Å². The van der Waals surface area contributed by atoms with E-state index in [0.29, 0.717) is 16.5 Å². The predicted molar refractivity (Wildman–Crippen MR) is 97.4 cm³/mol. The van der Waals surface area contributed by atoms with E-state index in [9.17, 15) is 14.0 Å². The fourth-order valence-corrected chi connectivity index (χ4v) is 2.83. The molecular weight excluding hydrogens is 365 g/mol. The van der Waals surface area contributed by atoms with Crippen LogP contribution in [0.2, 0.25) is 5.02 Å². The smallest absolute Gasteiger partial charge is 0.307 e. The second-order valence-electron chi connectivity index (χ2n) is 5.18. The Balaban J connectivity index is 1.72. The number of hydrogen-bond donors (Lipinski definition) is 1. The van der Waals surface area contributed by atoms with Gasteiger partial charge in [-0.3, -0.25) is 9.59 Å². The van der Waals surface area contributed by atoms with Crippen LogP contribution >= 0.6 is 23.4 Å². The normalized spacial score (nSPS) is 11.6. The Morgan fingerprint density at radius 1 is 1.16 bits per heavy atom. The molecule has 0 heterocycles. The summed E-state index contributed by atoms with van der Waals surface area (Å²) in [5.74, 6) is -0.699. The van der Waals surface area contributed by atoms with Gasteiger partial charge < -0.3 is 10.1 Å². The molecule has 0 spiro atoms. The molecule has 0 aliphatic carbocycles. The van der Waals surface area contributed by atoms with Crippen molar-refractivity contribution in [3.63, 3.8) is 0 Å². The summed E-state index contributed by atoms with van der Waals surface area (Å²) < 4.78 is 17.9. The first-order chi connectivity index (χ1) is 11.9. The van der Waals surface area contributed by atoms with Crippen LogP contribution in [0.1, 0.15) is 13.3 Å². The largest absolute Gasteiger partial charge is 0.453 e. The monoisotopic (exact) mass is 381 g/mol. The highest BCUT2D eigenvalue weighted by Crippen LogP contribution is 2.19. The molecule has 2 rings (SSSR count). The molecule has 0 fully saturated rings. The second-order valence-corrected chi connectivity index (χ2v) is 6.79. The van der Waals surface area contributed by atoms with Gasteiger partial charge >= 0.3 is 5.97 Å². The van der Waals surface area contributed by atoms with E-state index < -0.39 is 18.0 Å². The molecule has 25 heavy (non-hydrogen) atoms. The molecule has 7 heteroatoms. The lowest BCUT2D eigenvalue weighted by atomic mass is 10.3. The average molecular weight is 382 g/mol. The minimum atomic E-state index is -0.904. The molecule has 4 nitrogen and oxygen atoms in total. The Bertz CT molecular complexity index is 722. The van der Waals surface area contributed by atoms with Crippen molar-refractivity contribution >= 4 is 40.9 Å². The van der Waals surface area contributed by atoms with Crippen molar-refractivity contribution in [1.82, 2.24) is 0 Å². The van der Waals surface area contributed by atoms with Crippen molar-refractivity contribution < 1.29 is 18.7 Å². The zero-order valence-electron chi connectivity index (χ0n) is 13.5. The first kappa shape index (κ1) is 19.3. The van der Waals surface area contributed by atoms with Crippen molar-refractivity contribution in [1.29, 1.82) is 0 Å². The van der Waals surface area contributed by atoms with E-state index in [1.807, 2.05) is 0 Å².